The van der Waals surface area contributed by atoms with Gasteiger partial charge in [0.2, 0.25) is 5.88 Å². The third-order valence-electron chi connectivity index (χ3n) is 3.58. The number of aliphatic hydroxyl groups excluding tert-OH is 2. The Labute approximate surface area is 159 Å². The van der Waals surface area contributed by atoms with Crippen molar-refractivity contribution in [3.63, 3.8) is 0 Å². The van der Waals surface area contributed by atoms with Crippen LogP contribution < -0.4 is 10.1 Å². The highest BCUT2D eigenvalue weighted by Crippen LogP contribution is 2.23. The van der Waals surface area contributed by atoms with Crippen molar-refractivity contribution in [1.82, 2.24) is 10.3 Å². The minimum atomic E-state index is -0.595. The molecular formula is C20H26N2O5. The lowest BCUT2D eigenvalue weighted by molar-refractivity contribution is 0.0483. The normalized spacial score (nSPS) is 12.3. The van der Waals surface area contributed by atoms with Crippen LogP contribution in [0, 0.1) is 0 Å². The number of rotatable bonds is 7. The molecular weight excluding hydrogens is 348 g/mol. The van der Waals surface area contributed by atoms with E-state index in [2.05, 4.69) is 10.3 Å². The van der Waals surface area contributed by atoms with Crippen LogP contribution in [0.15, 0.2) is 42.6 Å². The maximum Gasteiger partial charge on any atom is 0.407 e. The topological polar surface area (TPSA) is 101 Å². The summed E-state index contributed by atoms with van der Waals surface area (Å²) >= 11 is 0. The molecule has 146 valence electrons. The van der Waals surface area contributed by atoms with Gasteiger partial charge >= 0.3 is 6.09 Å². The molecule has 1 amide bonds. The Balaban J connectivity index is 1.96. The molecule has 1 atom stereocenters. The summed E-state index contributed by atoms with van der Waals surface area (Å²) in [4.78, 5) is 16.0. The lowest BCUT2D eigenvalue weighted by Gasteiger charge is -2.22. The number of pyridine rings is 1. The van der Waals surface area contributed by atoms with Crippen LogP contribution in [0.5, 0.6) is 11.6 Å². The van der Waals surface area contributed by atoms with E-state index < -0.39 is 17.7 Å². The van der Waals surface area contributed by atoms with Crippen molar-refractivity contribution >= 4 is 6.09 Å². The summed E-state index contributed by atoms with van der Waals surface area (Å²) in [6, 6.07) is 10.2. The molecule has 0 fully saturated rings. The molecule has 2 rings (SSSR count). The van der Waals surface area contributed by atoms with Crippen molar-refractivity contribution < 1.29 is 24.5 Å². The molecule has 1 aromatic heterocycles. The van der Waals surface area contributed by atoms with Crippen molar-refractivity contribution in [2.45, 2.75) is 45.4 Å². The van der Waals surface area contributed by atoms with Crippen LogP contribution in [0.4, 0.5) is 4.79 Å². The molecule has 0 aliphatic rings. The summed E-state index contributed by atoms with van der Waals surface area (Å²) in [6.07, 6.45) is 1.48. The molecule has 0 radical (unpaired) electrons. The number of aliphatic hydroxyl groups is 2. The van der Waals surface area contributed by atoms with Gasteiger partial charge in [-0.2, -0.15) is 0 Å². The zero-order valence-corrected chi connectivity index (χ0v) is 15.8. The first-order valence-electron chi connectivity index (χ1n) is 8.72. The number of carbonyl (C=O) groups excluding carboxylic acids is 1. The quantitative estimate of drug-likeness (QED) is 0.689. The van der Waals surface area contributed by atoms with Gasteiger partial charge < -0.3 is 25.0 Å². The summed E-state index contributed by atoms with van der Waals surface area (Å²) in [7, 11) is 0. The van der Waals surface area contributed by atoms with Crippen molar-refractivity contribution in [3.05, 3.63) is 53.7 Å². The van der Waals surface area contributed by atoms with Crippen molar-refractivity contribution in [3.8, 4) is 11.6 Å². The first kappa shape index (κ1) is 20.7. The van der Waals surface area contributed by atoms with Gasteiger partial charge in [0.25, 0.3) is 0 Å². The predicted molar refractivity (Wildman–Crippen MR) is 101 cm³/mol. The molecule has 7 nitrogen and oxygen atoms in total. The van der Waals surface area contributed by atoms with E-state index in [-0.39, 0.29) is 13.2 Å². The van der Waals surface area contributed by atoms with E-state index in [4.69, 9.17) is 9.47 Å². The Bertz CT molecular complexity index is 741. The summed E-state index contributed by atoms with van der Waals surface area (Å²) in [5.74, 6) is 0.931. The van der Waals surface area contributed by atoms with E-state index in [1.54, 1.807) is 51.2 Å². The molecule has 1 unspecified atom stereocenters. The second-order valence-electron chi connectivity index (χ2n) is 7.10. The van der Waals surface area contributed by atoms with Gasteiger partial charge in [0, 0.05) is 11.8 Å². The van der Waals surface area contributed by atoms with Crippen LogP contribution in [0.25, 0.3) is 0 Å². The van der Waals surface area contributed by atoms with Crippen LogP contribution in [0.1, 0.15) is 31.9 Å². The molecule has 2 aromatic rings. The molecule has 7 heteroatoms. The molecule has 1 heterocycles. The SMILES string of the molecule is CC(C)(C)OC(=O)NC(CO)Cc1ccc(Oc2ncccc2CO)cc1. The van der Waals surface area contributed by atoms with E-state index in [9.17, 15) is 15.0 Å². The molecule has 0 spiro atoms. The first-order chi connectivity index (χ1) is 12.8. The van der Waals surface area contributed by atoms with Crippen molar-refractivity contribution in [2.24, 2.45) is 0 Å². The van der Waals surface area contributed by atoms with Crippen LogP contribution >= 0.6 is 0 Å². The number of benzene rings is 1. The Morgan fingerprint density at radius 2 is 1.89 bits per heavy atom. The minimum Gasteiger partial charge on any atom is -0.444 e. The molecule has 0 saturated carbocycles. The number of nitrogens with one attached hydrogen (secondary N) is 1. The second-order valence-corrected chi connectivity index (χ2v) is 7.10. The Hall–Kier alpha value is -2.64. The van der Waals surface area contributed by atoms with Gasteiger partial charge in [-0.05, 0) is 57.0 Å². The number of hydrogen-bond acceptors (Lipinski definition) is 6. The number of hydrogen-bond donors (Lipinski definition) is 3. The summed E-state index contributed by atoms with van der Waals surface area (Å²) in [5, 5.41) is 21.5. The van der Waals surface area contributed by atoms with Gasteiger partial charge in [-0.15, -0.1) is 0 Å². The third kappa shape index (κ3) is 6.88. The van der Waals surface area contributed by atoms with Crippen LogP contribution in [0.2, 0.25) is 0 Å². The number of carbonyl (C=O) groups is 1. The number of amides is 1. The van der Waals surface area contributed by atoms with E-state index >= 15 is 0 Å². The molecule has 3 N–H and O–H groups in total. The number of nitrogens with zero attached hydrogens (tertiary/aromatic N) is 1. The monoisotopic (exact) mass is 374 g/mol. The summed E-state index contributed by atoms with van der Waals surface area (Å²) in [6.45, 7) is 4.98. The van der Waals surface area contributed by atoms with Gasteiger partial charge in [0.1, 0.15) is 11.4 Å². The molecule has 0 aliphatic carbocycles. The second kappa shape index (κ2) is 9.34. The lowest BCUT2D eigenvalue weighted by Crippen LogP contribution is -2.42. The molecule has 27 heavy (non-hydrogen) atoms. The molecule has 1 aromatic carbocycles. The van der Waals surface area contributed by atoms with Crippen molar-refractivity contribution in [1.29, 1.82) is 0 Å². The first-order valence-corrected chi connectivity index (χ1v) is 8.72. The lowest BCUT2D eigenvalue weighted by atomic mass is 10.1. The van der Waals surface area contributed by atoms with Gasteiger partial charge in [0.15, 0.2) is 0 Å². The smallest absolute Gasteiger partial charge is 0.407 e. The Morgan fingerprint density at radius 3 is 2.48 bits per heavy atom. The highest BCUT2D eigenvalue weighted by atomic mass is 16.6. The fraction of sp³-hybridized carbons (Fsp3) is 0.400. The van der Waals surface area contributed by atoms with Gasteiger partial charge in [-0.3, -0.25) is 0 Å². The highest BCUT2D eigenvalue weighted by molar-refractivity contribution is 5.68. The van der Waals surface area contributed by atoms with Gasteiger partial charge in [-0.25, -0.2) is 9.78 Å². The summed E-state index contributed by atoms with van der Waals surface area (Å²) in [5.41, 5.74) is 0.923. The zero-order valence-electron chi connectivity index (χ0n) is 15.8. The molecule has 0 bridgehead atoms. The van der Waals surface area contributed by atoms with Crippen LogP contribution in [0.3, 0.4) is 0 Å². The predicted octanol–water partition coefficient (Wildman–Crippen LogP) is 2.79. The zero-order chi connectivity index (χ0) is 19.9. The van der Waals surface area contributed by atoms with Crippen LogP contribution in [-0.4, -0.2) is 39.5 Å². The maximum absolute atomic E-state index is 11.8. The Morgan fingerprint density at radius 1 is 1.19 bits per heavy atom. The number of aromatic nitrogens is 1. The van der Waals surface area contributed by atoms with E-state index in [0.29, 0.717) is 23.6 Å². The molecule has 0 aliphatic heterocycles. The number of alkyl carbamates (subject to hydrolysis) is 1. The van der Waals surface area contributed by atoms with Gasteiger partial charge in [0.05, 0.1) is 19.3 Å². The standard InChI is InChI=1S/C20H26N2O5/c1-20(2,3)27-19(25)22-16(13-24)11-14-6-8-17(9-7-14)26-18-15(12-23)5-4-10-21-18/h4-10,16,23-24H,11-13H2,1-3H3,(H,22,25). The van der Waals surface area contributed by atoms with E-state index in [1.165, 1.54) is 0 Å². The summed E-state index contributed by atoms with van der Waals surface area (Å²) < 4.78 is 10.9. The maximum atomic E-state index is 11.8. The third-order valence-corrected chi connectivity index (χ3v) is 3.58. The average molecular weight is 374 g/mol. The number of ether oxygens (including phenoxy) is 2. The van der Waals surface area contributed by atoms with E-state index in [0.717, 1.165) is 5.56 Å². The average Bonchev–Trinajstić information content (AvgIpc) is 2.61. The Kier molecular flexibility index (Phi) is 7.15. The largest absolute Gasteiger partial charge is 0.444 e. The van der Waals surface area contributed by atoms with E-state index in [1.807, 2.05) is 12.1 Å². The highest BCUT2D eigenvalue weighted by Gasteiger charge is 2.19. The fourth-order valence-electron chi connectivity index (χ4n) is 2.36. The minimum absolute atomic E-state index is 0.157. The molecule has 0 saturated heterocycles. The van der Waals surface area contributed by atoms with Gasteiger partial charge in [-0.1, -0.05) is 12.1 Å². The fourth-order valence-corrected chi connectivity index (χ4v) is 2.36. The van der Waals surface area contributed by atoms with Crippen LogP contribution in [-0.2, 0) is 17.8 Å². The van der Waals surface area contributed by atoms with Crippen molar-refractivity contribution in [2.75, 3.05) is 6.61 Å².